The van der Waals surface area contributed by atoms with Gasteiger partial charge < -0.3 is 10.6 Å². The largest absolute Gasteiger partial charge is 0.369 e. The van der Waals surface area contributed by atoms with E-state index in [9.17, 15) is 4.79 Å². The summed E-state index contributed by atoms with van der Waals surface area (Å²) in [6.45, 7) is 4.54. The first-order valence-electron chi connectivity index (χ1n) is 9.88. The van der Waals surface area contributed by atoms with E-state index < -0.39 is 5.54 Å². The Bertz CT molecular complexity index is 982. The van der Waals surface area contributed by atoms with Crippen LogP contribution in [0.15, 0.2) is 36.8 Å². The molecule has 1 amide bonds. The molecule has 0 aliphatic heterocycles. The molecular weight excluding hydrogens is 366 g/mol. The van der Waals surface area contributed by atoms with Crippen LogP contribution in [-0.2, 0) is 12.0 Å². The molecule has 3 aromatic rings. The van der Waals surface area contributed by atoms with E-state index in [1.165, 1.54) is 0 Å². The lowest BCUT2D eigenvalue weighted by molar-refractivity contribution is 0.0805. The van der Waals surface area contributed by atoms with E-state index in [0.717, 1.165) is 48.2 Å². The van der Waals surface area contributed by atoms with Gasteiger partial charge in [-0.05, 0) is 57.2 Å². The Balaban J connectivity index is 1.50. The lowest BCUT2D eigenvalue weighted by Gasteiger charge is -2.41. The number of pyridine rings is 1. The third-order valence-corrected chi connectivity index (χ3v) is 5.57. The lowest BCUT2D eigenvalue weighted by atomic mass is 9.74. The number of H-pyrrole nitrogens is 1. The number of aromatic nitrogens is 5. The van der Waals surface area contributed by atoms with Crippen LogP contribution in [-0.4, -0.2) is 37.6 Å². The maximum absolute atomic E-state index is 13.0. The highest BCUT2D eigenvalue weighted by Crippen LogP contribution is 2.40. The van der Waals surface area contributed by atoms with Gasteiger partial charge >= 0.3 is 0 Å². The van der Waals surface area contributed by atoms with Gasteiger partial charge in [0.1, 0.15) is 5.82 Å². The number of rotatable bonds is 7. The van der Waals surface area contributed by atoms with E-state index in [1.54, 1.807) is 12.4 Å². The summed E-state index contributed by atoms with van der Waals surface area (Å²) in [7, 11) is 0. The van der Waals surface area contributed by atoms with Gasteiger partial charge in [-0.15, -0.1) is 0 Å². The zero-order valence-electron chi connectivity index (χ0n) is 16.7. The predicted octanol–water partition coefficient (Wildman–Crippen LogP) is 2.68. The third kappa shape index (κ3) is 3.96. The van der Waals surface area contributed by atoms with Crippen molar-refractivity contribution >= 4 is 11.7 Å². The fraction of sp³-hybridized carbons (Fsp3) is 0.381. The summed E-state index contributed by atoms with van der Waals surface area (Å²) in [5.74, 6) is 0.601. The topological polar surface area (TPSA) is 108 Å². The molecule has 8 nitrogen and oxygen atoms in total. The molecule has 1 aliphatic carbocycles. The summed E-state index contributed by atoms with van der Waals surface area (Å²) >= 11 is 0. The summed E-state index contributed by atoms with van der Waals surface area (Å²) in [6.07, 6.45) is 9.04. The molecule has 29 heavy (non-hydrogen) atoms. The van der Waals surface area contributed by atoms with Crippen LogP contribution in [0.1, 0.15) is 52.4 Å². The Morgan fingerprint density at radius 1 is 1.24 bits per heavy atom. The molecule has 0 aromatic carbocycles. The van der Waals surface area contributed by atoms with Crippen LogP contribution in [0.4, 0.5) is 5.82 Å². The Labute approximate surface area is 169 Å². The number of nitrogens with zero attached hydrogens (tertiary/aromatic N) is 4. The van der Waals surface area contributed by atoms with Gasteiger partial charge in [-0.3, -0.25) is 14.9 Å². The molecule has 0 spiro atoms. The second kappa shape index (κ2) is 7.98. The van der Waals surface area contributed by atoms with Crippen molar-refractivity contribution in [1.29, 1.82) is 0 Å². The van der Waals surface area contributed by atoms with E-state index in [2.05, 4.69) is 35.8 Å². The van der Waals surface area contributed by atoms with Gasteiger partial charge in [-0.1, -0.05) is 6.07 Å². The van der Waals surface area contributed by atoms with E-state index in [1.807, 2.05) is 38.2 Å². The second-order valence-corrected chi connectivity index (χ2v) is 7.49. The number of nitrogens with one attached hydrogen (secondary N) is 3. The van der Waals surface area contributed by atoms with E-state index >= 15 is 0 Å². The van der Waals surface area contributed by atoms with Crippen LogP contribution in [0.5, 0.6) is 0 Å². The van der Waals surface area contributed by atoms with Crippen LogP contribution in [0.25, 0.3) is 0 Å². The number of amides is 1. The molecule has 8 heteroatoms. The molecule has 1 saturated carbocycles. The maximum Gasteiger partial charge on any atom is 0.289 e. The molecule has 3 heterocycles. The number of hydrogen-bond acceptors (Lipinski definition) is 6. The lowest BCUT2D eigenvalue weighted by Crippen LogP contribution is -2.51. The first-order valence-corrected chi connectivity index (χ1v) is 9.88. The Kier molecular flexibility index (Phi) is 5.24. The van der Waals surface area contributed by atoms with E-state index in [4.69, 9.17) is 0 Å². The van der Waals surface area contributed by atoms with Crippen molar-refractivity contribution in [2.45, 2.75) is 45.1 Å². The van der Waals surface area contributed by atoms with Crippen molar-refractivity contribution in [2.75, 3.05) is 11.9 Å². The number of anilines is 1. The summed E-state index contributed by atoms with van der Waals surface area (Å²) in [5.41, 5.74) is 3.31. The number of carbonyl (C=O) groups excluding carboxylic acids is 1. The molecule has 150 valence electrons. The molecule has 3 aromatic heterocycles. The summed E-state index contributed by atoms with van der Waals surface area (Å²) in [5, 5.41) is 13.2. The Morgan fingerprint density at radius 2 is 2.10 bits per heavy atom. The highest BCUT2D eigenvalue weighted by Gasteiger charge is 2.41. The zero-order valence-corrected chi connectivity index (χ0v) is 16.7. The fourth-order valence-electron chi connectivity index (χ4n) is 3.54. The van der Waals surface area contributed by atoms with Crippen molar-refractivity contribution < 1.29 is 4.79 Å². The van der Waals surface area contributed by atoms with Gasteiger partial charge in [0.15, 0.2) is 0 Å². The normalized spacial score (nSPS) is 14.8. The first-order chi connectivity index (χ1) is 14.1. The standard InChI is InChI=1S/C21H25N7O/c1-14-15(2)26-19(27-18(14)23-11-7-16-12-24-25-13-16)20(29)28-21(8-5-9-21)17-6-3-4-10-22-17/h3-4,6,10,12-13H,5,7-9,11H2,1-2H3,(H,24,25)(H,28,29)(H,23,26,27). The highest BCUT2D eigenvalue weighted by molar-refractivity contribution is 5.91. The number of aryl methyl sites for hydroxylation is 1. The van der Waals surface area contributed by atoms with Crippen molar-refractivity contribution in [2.24, 2.45) is 0 Å². The highest BCUT2D eigenvalue weighted by atomic mass is 16.2. The van der Waals surface area contributed by atoms with Gasteiger partial charge in [0.25, 0.3) is 5.91 Å². The van der Waals surface area contributed by atoms with Crippen molar-refractivity contribution in [3.63, 3.8) is 0 Å². The van der Waals surface area contributed by atoms with Gasteiger partial charge in [-0.2, -0.15) is 5.10 Å². The quantitative estimate of drug-likeness (QED) is 0.571. The molecule has 0 atom stereocenters. The van der Waals surface area contributed by atoms with E-state index in [-0.39, 0.29) is 11.7 Å². The van der Waals surface area contributed by atoms with Gasteiger partial charge in [-0.25, -0.2) is 9.97 Å². The molecule has 4 rings (SSSR count). The van der Waals surface area contributed by atoms with Gasteiger partial charge in [0.2, 0.25) is 5.82 Å². The number of aromatic amines is 1. The van der Waals surface area contributed by atoms with Crippen LogP contribution in [0, 0.1) is 13.8 Å². The van der Waals surface area contributed by atoms with Crippen molar-refractivity contribution in [1.82, 2.24) is 30.5 Å². The molecule has 0 bridgehead atoms. The molecular formula is C21H25N7O. The SMILES string of the molecule is Cc1nc(C(=O)NC2(c3ccccn3)CCC2)nc(NCCc2cn[nH]c2)c1C. The van der Waals surface area contributed by atoms with Crippen LogP contribution >= 0.6 is 0 Å². The summed E-state index contributed by atoms with van der Waals surface area (Å²) in [4.78, 5) is 26.4. The number of carbonyl (C=O) groups is 1. The predicted molar refractivity (Wildman–Crippen MR) is 110 cm³/mol. The smallest absolute Gasteiger partial charge is 0.289 e. The minimum atomic E-state index is -0.421. The Morgan fingerprint density at radius 3 is 2.76 bits per heavy atom. The fourth-order valence-corrected chi connectivity index (χ4v) is 3.54. The monoisotopic (exact) mass is 391 g/mol. The van der Waals surface area contributed by atoms with E-state index in [0.29, 0.717) is 12.4 Å². The summed E-state index contributed by atoms with van der Waals surface area (Å²) in [6, 6.07) is 5.79. The van der Waals surface area contributed by atoms with Gasteiger partial charge in [0, 0.05) is 30.2 Å². The molecule has 3 N–H and O–H groups in total. The van der Waals surface area contributed by atoms with Crippen molar-refractivity contribution in [3.8, 4) is 0 Å². The first kappa shape index (κ1) is 19.0. The van der Waals surface area contributed by atoms with Crippen LogP contribution in [0.3, 0.4) is 0 Å². The third-order valence-electron chi connectivity index (χ3n) is 5.57. The second-order valence-electron chi connectivity index (χ2n) is 7.49. The molecule has 1 fully saturated rings. The summed E-state index contributed by atoms with van der Waals surface area (Å²) < 4.78 is 0. The van der Waals surface area contributed by atoms with Crippen molar-refractivity contribution in [3.05, 3.63) is 65.1 Å². The average Bonchev–Trinajstić information content (AvgIpc) is 3.22. The molecule has 0 unspecified atom stereocenters. The van der Waals surface area contributed by atoms with Gasteiger partial charge in [0.05, 0.1) is 17.4 Å². The van der Waals surface area contributed by atoms with Crippen LogP contribution < -0.4 is 10.6 Å². The Hall–Kier alpha value is -3.29. The zero-order chi connectivity index (χ0) is 20.3. The maximum atomic E-state index is 13.0. The average molecular weight is 391 g/mol. The molecule has 0 saturated heterocycles. The van der Waals surface area contributed by atoms with Crippen LogP contribution in [0.2, 0.25) is 0 Å². The minimum Gasteiger partial charge on any atom is -0.369 e. The number of hydrogen-bond donors (Lipinski definition) is 3. The molecule has 1 aliphatic rings. The minimum absolute atomic E-state index is 0.182. The molecule has 0 radical (unpaired) electrons.